The number of fused-ring (bicyclic) bond motifs is 5. The molecule has 4 heterocycles. The number of aromatic nitrogens is 5. The number of nitrogens with one attached hydrogen (secondary N) is 1. The highest BCUT2D eigenvalue weighted by molar-refractivity contribution is 6.06. The summed E-state index contributed by atoms with van der Waals surface area (Å²) in [5, 5.41) is 11.0. The van der Waals surface area contributed by atoms with Crippen LogP contribution in [0.4, 0.5) is 10.2 Å². The van der Waals surface area contributed by atoms with Gasteiger partial charge in [-0.25, -0.2) is 9.97 Å². The number of ether oxygens (including phenoxy) is 1. The summed E-state index contributed by atoms with van der Waals surface area (Å²) in [6.45, 7) is 1.19. The Morgan fingerprint density at radius 3 is 2.84 bits per heavy atom. The van der Waals surface area contributed by atoms with Gasteiger partial charge in [-0.2, -0.15) is 4.39 Å². The van der Waals surface area contributed by atoms with Gasteiger partial charge < -0.3 is 14.6 Å². The standard InChI is InChI=1S/C23H19FN6O2/c24-20-9-7-16(13-25-20)15-6-8-19-17(12-15)23(31)28-21-5-3-4-18(27-21)22-29-26-14-30(22)10-1-2-11-32-19/h3-9,12-14H,1-2,10-11H2,(H,27,28,31). The van der Waals surface area contributed by atoms with Gasteiger partial charge in [0.2, 0.25) is 5.95 Å². The number of carbonyl (C=O) groups excluding carboxylic acids is 1. The number of hydrogen-bond acceptors (Lipinski definition) is 6. The van der Waals surface area contributed by atoms with Crippen molar-refractivity contribution in [3.8, 4) is 28.4 Å². The third kappa shape index (κ3) is 4.04. The van der Waals surface area contributed by atoms with Crippen LogP contribution in [0, 0.1) is 5.95 Å². The predicted molar refractivity (Wildman–Crippen MR) is 116 cm³/mol. The van der Waals surface area contributed by atoms with E-state index in [1.807, 2.05) is 16.7 Å². The van der Waals surface area contributed by atoms with Gasteiger partial charge in [-0.3, -0.25) is 4.79 Å². The SMILES string of the molecule is O=C1Nc2cccc(n2)-c2nncn2CCCCOc2ccc(-c3ccc(F)nc3)cc21. The van der Waals surface area contributed by atoms with Gasteiger partial charge in [0.15, 0.2) is 5.82 Å². The molecule has 3 aromatic heterocycles. The van der Waals surface area contributed by atoms with Gasteiger partial charge in [0.1, 0.15) is 23.6 Å². The Morgan fingerprint density at radius 1 is 1.06 bits per heavy atom. The molecule has 0 atom stereocenters. The van der Waals surface area contributed by atoms with Crippen LogP contribution in [0.5, 0.6) is 5.75 Å². The summed E-state index contributed by atoms with van der Waals surface area (Å²) in [7, 11) is 0. The second-order valence-corrected chi connectivity index (χ2v) is 7.35. The van der Waals surface area contributed by atoms with Crippen LogP contribution >= 0.6 is 0 Å². The highest BCUT2D eigenvalue weighted by atomic mass is 19.1. The zero-order valence-electron chi connectivity index (χ0n) is 17.0. The number of anilines is 1. The molecule has 0 aliphatic carbocycles. The Labute approximate surface area is 183 Å². The fraction of sp³-hybridized carbons (Fsp3) is 0.174. The molecule has 1 amide bonds. The minimum Gasteiger partial charge on any atom is -0.493 e. The molecule has 4 aromatic rings. The molecular formula is C23H19FN6O2. The van der Waals surface area contributed by atoms with E-state index in [4.69, 9.17) is 4.74 Å². The predicted octanol–water partition coefficient (Wildman–Crippen LogP) is 3.97. The van der Waals surface area contributed by atoms with Crippen LogP contribution in [-0.4, -0.2) is 37.2 Å². The van der Waals surface area contributed by atoms with E-state index in [1.165, 1.54) is 12.3 Å². The van der Waals surface area contributed by atoms with Crippen LogP contribution in [-0.2, 0) is 6.54 Å². The average molecular weight is 430 g/mol. The third-order valence-electron chi connectivity index (χ3n) is 5.17. The van der Waals surface area contributed by atoms with Crippen LogP contribution in [0.15, 0.2) is 61.1 Å². The average Bonchev–Trinajstić information content (AvgIpc) is 3.28. The van der Waals surface area contributed by atoms with Gasteiger partial charge in [0, 0.05) is 18.3 Å². The minimum atomic E-state index is -0.560. The lowest BCUT2D eigenvalue weighted by molar-refractivity contribution is 0.102. The van der Waals surface area contributed by atoms with Crippen LogP contribution in [0.2, 0.25) is 0 Å². The summed E-state index contributed by atoms with van der Waals surface area (Å²) in [6, 6.07) is 13.5. The zero-order valence-corrected chi connectivity index (χ0v) is 17.0. The molecule has 1 aliphatic heterocycles. The molecule has 0 unspecified atom stereocenters. The van der Waals surface area contributed by atoms with E-state index in [0.29, 0.717) is 40.8 Å². The van der Waals surface area contributed by atoms with Gasteiger partial charge in [0.25, 0.3) is 5.91 Å². The van der Waals surface area contributed by atoms with Gasteiger partial charge in [0.05, 0.1) is 12.2 Å². The first-order chi connectivity index (χ1) is 15.7. The van der Waals surface area contributed by atoms with E-state index < -0.39 is 5.95 Å². The molecule has 0 saturated carbocycles. The topological polar surface area (TPSA) is 94.8 Å². The van der Waals surface area contributed by atoms with Crippen molar-refractivity contribution >= 4 is 11.7 Å². The Hall–Kier alpha value is -4.14. The van der Waals surface area contributed by atoms with E-state index in [2.05, 4.69) is 25.5 Å². The minimum absolute atomic E-state index is 0.360. The maximum absolute atomic E-state index is 13.2. The van der Waals surface area contributed by atoms with E-state index in [-0.39, 0.29) is 5.91 Å². The molecule has 160 valence electrons. The quantitative estimate of drug-likeness (QED) is 0.459. The Balaban J connectivity index is 1.53. The van der Waals surface area contributed by atoms with Crippen molar-refractivity contribution < 1.29 is 13.9 Å². The normalized spacial score (nSPS) is 13.8. The van der Waals surface area contributed by atoms with Gasteiger partial charge in [-0.15, -0.1) is 10.2 Å². The number of hydrogen-bond donors (Lipinski definition) is 1. The number of nitrogens with zero attached hydrogens (tertiary/aromatic N) is 5. The smallest absolute Gasteiger partial charge is 0.260 e. The molecule has 1 N–H and O–H groups in total. The number of rotatable bonds is 1. The van der Waals surface area contributed by atoms with Crippen molar-refractivity contribution in [2.45, 2.75) is 19.4 Å². The monoisotopic (exact) mass is 430 g/mol. The number of benzene rings is 1. The third-order valence-corrected chi connectivity index (χ3v) is 5.17. The van der Waals surface area contributed by atoms with Crippen molar-refractivity contribution in [2.24, 2.45) is 0 Å². The largest absolute Gasteiger partial charge is 0.493 e. The van der Waals surface area contributed by atoms with Gasteiger partial charge in [-0.05, 0) is 54.8 Å². The molecule has 0 spiro atoms. The van der Waals surface area contributed by atoms with E-state index in [0.717, 1.165) is 24.9 Å². The van der Waals surface area contributed by atoms with E-state index in [1.54, 1.807) is 36.7 Å². The van der Waals surface area contributed by atoms with Crippen molar-refractivity contribution in [3.63, 3.8) is 0 Å². The van der Waals surface area contributed by atoms with Crippen molar-refractivity contribution in [2.75, 3.05) is 11.9 Å². The highest BCUT2D eigenvalue weighted by Gasteiger charge is 2.17. The molecule has 9 heteroatoms. The second-order valence-electron chi connectivity index (χ2n) is 7.35. The molecule has 1 aliphatic rings. The maximum atomic E-state index is 13.2. The maximum Gasteiger partial charge on any atom is 0.260 e. The van der Waals surface area contributed by atoms with Gasteiger partial charge in [-0.1, -0.05) is 12.1 Å². The molecule has 2 bridgehead atoms. The lowest BCUT2D eigenvalue weighted by atomic mass is 10.0. The molecule has 1 aromatic carbocycles. The molecule has 32 heavy (non-hydrogen) atoms. The van der Waals surface area contributed by atoms with Crippen LogP contribution in [0.25, 0.3) is 22.6 Å². The fourth-order valence-electron chi connectivity index (χ4n) is 3.56. The lowest BCUT2D eigenvalue weighted by Crippen LogP contribution is -2.16. The zero-order chi connectivity index (χ0) is 21.9. The summed E-state index contributed by atoms with van der Waals surface area (Å²) in [5.74, 6) is 0.582. The van der Waals surface area contributed by atoms with Crippen LogP contribution in [0.1, 0.15) is 23.2 Å². The van der Waals surface area contributed by atoms with E-state index in [9.17, 15) is 9.18 Å². The summed E-state index contributed by atoms with van der Waals surface area (Å²) >= 11 is 0. The first kappa shape index (κ1) is 19.8. The molecule has 0 fully saturated rings. The fourth-order valence-corrected chi connectivity index (χ4v) is 3.56. The number of carbonyl (C=O) groups is 1. The summed E-state index contributed by atoms with van der Waals surface area (Å²) in [5.41, 5.74) is 2.41. The second kappa shape index (κ2) is 8.54. The number of halogens is 1. The lowest BCUT2D eigenvalue weighted by Gasteiger charge is -2.15. The van der Waals surface area contributed by atoms with Gasteiger partial charge >= 0.3 is 0 Å². The Kier molecular flexibility index (Phi) is 5.29. The number of aryl methyl sites for hydroxylation is 1. The van der Waals surface area contributed by atoms with Crippen LogP contribution < -0.4 is 10.1 Å². The summed E-state index contributed by atoms with van der Waals surface area (Å²) < 4.78 is 21.1. The Morgan fingerprint density at radius 2 is 1.97 bits per heavy atom. The van der Waals surface area contributed by atoms with E-state index >= 15 is 0 Å². The Bertz CT molecular complexity index is 1270. The molecule has 5 rings (SSSR count). The number of pyridine rings is 2. The summed E-state index contributed by atoms with van der Waals surface area (Å²) in [6.07, 6.45) is 4.75. The van der Waals surface area contributed by atoms with Crippen LogP contribution in [0.3, 0.4) is 0 Å². The van der Waals surface area contributed by atoms with Crippen molar-refractivity contribution in [3.05, 3.63) is 72.6 Å². The first-order valence-electron chi connectivity index (χ1n) is 10.2. The molecule has 8 nitrogen and oxygen atoms in total. The van der Waals surface area contributed by atoms with Crippen molar-refractivity contribution in [1.82, 2.24) is 24.7 Å². The summed E-state index contributed by atoms with van der Waals surface area (Å²) in [4.78, 5) is 21.4. The molecule has 0 saturated heterocycles. The first-order valence-corrected chi connectivity index (χ1v) is 10.2. The highest BCUT2D eigenvalue weighted by Crippen LogP contribution is 2.28. The molecular weight excluding hydrogens is 411 g/mol. The number of amides is 1. The molecule has 0 radical (unpaired) electrons. The van der Waals surface area contributed by atoms with Crippen molar-refractivity contribution in [1.29, 1.82) is 0 Å².